The van der Waals surface area contributed by atoms with E-state index in [-0.39, 0.29) is 17.1 Å². The van der Waals surface area contributed by atoms with Gasteiger partial charge >= 0.3 is 6.18 Å². The van der Waals surface area contributed by atoms with Gasteiger partial charge in [-0.15, -0.1) is 0 Å². The predicted molar refractivity (Wildman–Crippen MR) is 56.7 cm³/mol. The Morgan fingerprint density at radius 3 is 2.56 bits per heavy atom. The van der Waals surface area contributed by atoms with Crippen LogP contribution in [0.4, 0.5) is 13.2 Å². The van der Waals surface area contributed by atoms with Crippen molar-refractivity contribution in [3.8, 4) is 5.75 Å². The average Bonchev–Trinajstić information content (AvgIpc) is 2.12. The van der Waals surface area contributed by atoms with Crippen LogP contribution in [0.2, 0.25) is 0 Å². The van der Waals surface area contributed by atoms with Gasteiger partial charge in [-0.1, -0.05) is 6.07 Å². The molecule has 1 aromatic rings. The van der Waals surface area contributed by atoms with Gasteiger partial charge in [-0.2, -0.15) is 13.2 Å². The molecule has 0 saturated carbocycles. The molecule has 0 atom stereocenters. The Morgan fingerprint density at radius 2 is 2.06 bits per heavy atom. The van der Waals surface area contributed by atoms with Crippen LogP contribution in [0.3, 0.4) is 0 Å². The molecular weight excluding hydrogens is 289 g/mol. The summed E-state index contributed by atoms with van der Waals surface area (Å²) < 4.78 is 40.8. The number of halogens is 4. The van der Waals surface area contributed by atoms with E-state index in [9.17, 15) is 13.2 Å². The number of amidine groups is 1. The van der Waals surface area contributed by atoms with E-state index in [2.05, 4.69) is 20.7 Å². The molecule has 0 unspecified atom stereocenters. The molecule has 0 saturated heterocycles. The minimum atomic E-state index is -4.42. The van der Waals surface area contributed by atoms with Crippen LogP contribution < -0.4 is 10.5 Å². The van der Waals surface area contributed by atoms with Crippen molar-refractivity contribution in [1.82, 2.24) is 0 Å². The highest BCUT2D eigenvalue weighted by molar-refractivity contribution is 9.10. The zero-order valence-corrected chi connectivity index (χ0v) is 9.52. The Balaban J connectivity index is 2.96. The predicted octanol–water partition coefficient (Wildman–Crippen LogP) is 2.67. The lowest BCUT2D eigenvalue weighted by Crippen LogP contribution is -2.21. The summed E-state index contributed by atoms with van der Waals surface area (Å²) in [6.45, 7) is -1.41. The van der Waals surface area contributed by atoms with Gasteiger partial charge in [-0.3, -0.25) is 5.41 Å². The summed E-state index contributed by atoms with van der Waals surface area (Å²) in [7, 11) is 0. The maximum Gasteiger partial charge on any atom is 0.422 e. The van der Waals surface area contributed by atoms with Gasteiger partial charge < -0.3 is 10.5 Å². The van der Waals surface area contributed by atoms with Crippen LogP contribution in [0, 0.1) is 5.41 Å². The van der Waals surface area contributed by atoms with Crippen molar-refractivity contribution in [1.29, 1.82) is 5.41 Å². The highest BCUT2D eigenvalue weighted by Gasteiger charge is 2.29. The second-order valence-corrected chi connectivity index (χ2v) is 3.78. The number of alkyl halides is 3. The number of nitrogens with two attached hydrogens (primary N) is 1. The first-order valence-electron chi connectivity index (χ1n) is 4.13. The molecule has 0 spiro atoms. The minimum Gasteiger partial charge on any atom is -0.483 e. The third-order valence-corrected chi connectivity index (χ3v) is 2.30. The summed E-state index contributed by atoms with van der Waals surface area (Å²) in [4.78, 5) is 0. The molecule has 0 aromatic heterocycles. The van der Waals surface area contributed by atoms with Crippen LogP contribution in [0.25, 0.3) is 0 Å². The van der Waals surface area contributed by atoms with Crippen LogP contribution in [0.15, 0.2) is 22.7 Å². The lowest BCUT2D eigenvalue weighted by Gasteiger charge is -2.13. The number of hydrogen-bond donors (Lipinski definition) is 2. The molecular formula is C9H8BrF3N2O. The van der Waals surface area contributed by atoms with E-state index in [0.717, 1.165) is 0 Å². The van der Waals surface area contributed by atoms with Crippen LogP contribution in [-0.2, 0) is 0 Å². The normalized spacial score (nSPS) is 11.2. The van der Waals surface area contributed by atoms with Gasteiger partial charge in [0.15, 0.2) is 6.61 Å². The molecule has 7 heteroatoms. The number of nitrogen functional groups attached to an aromatic ring is 1. The fourth-order valence-electron chi connectivity index (χ4n) is 1.05. The Kier molecular flexibility index (Phi) is 3.79. The van der Waals surface area contributed by atoms with Gasteiger partial charge in [0.1, 0.15) is 11.6 Å². The first-order chi connectivity index (χ1) is 7.31. The summed E-state index contributed by atoms with van der Waals surface area (Å²) in [6.07, 6.45) is -4.42. The summed E-state index contributed by atoms with van der Waals surface area (Å²) in [5, 5.41) is 7.24. The second-order valence-electron chi connectivity index (χ2n) is 2.93. The van der Waals surface area contributed by atoms with E-state index >= 15 is 0 Å². The van der Waals surface area contributed by atoms with Gasteiger partial charge in [0.25, 0.3) is 0 Å². The monoisotopic (exact) mass is 296 g/mol. The third-order valence-electron chi connectivity index (χ3n) is 1.64. The molecule has 0 aliphatic heterocycles. The number of benzene rings is 1. The molecule has 88 valence electrons. The largest absolute Gasteiger partial charge is 0.483 e. The van der Waals surface area contributed by atoms with Gasteiger partial charge in [-0.25, -0.2) is 0 Å². The third kappa shape index (κ3) is 3.41. The fraction of sp³-hybridized carbons (Fsp3) is 0.222. The molecule has 1 aromatic carbocycles. The van der Waals surface area contributed by atoms with E-state index in [1.807, 2.05) is 0 Å². The quantitative estimate of drug-likeness (QED) is 0.665. The van der Waals surface area contributed by atoms with Crippen molar-refractivity contribution in [3.05, 3.63) is 28.2 Å². The highest BCUT2D eigenvalue weighted by atomic mass is 79.9. The molecule has 0 aliphatic rings. The van der Waals surface area contributed by atoms with Crippen LogP contribution >= 0.6 is 15.9 Å². The van der Waals surface area contributed by atoms with Gasteiger partial charge in [0, 0.05) is 4.47 Å². The zero-order valence-electron chi connectivity index (χ0n) is 7.94. The highest BCUT2D eigenvalue weighted by Crippen LogP contribution is 2.27. The molecule has 3 N–H and O–H groups in total. The van der Waals surface area contributed by atoms with Crippen molar-refractivity contribution < 1.29 is 17.9 Å². The minimum absolute atomic E-state index is 0.0702. The van der Waals surface area contributed by atoms with Gasteiger partial charge in [0.05, 0.1) is 5.56 Å². The molecule has 0 fully saturated rings. The van der Waals surface area contributed by atoms with E-state index in [1.165, 1.54) is 12.1 Å². The molecule has 0 aliphatic carbocycles. The van der Waals surface area contributed by atoms with E-state index in [1.54, 1.807) is 6.07 Å². The Labute approximate surface area is 98.0 Å². The van der Waals surface area contributed by atoms with Gasteiger partial charge in [0.2, 0.25) is 0 Å². The Hall–Kier alpha value is -1.24. The average molecular weight is 297 g/mol. The van der Waals surface area contributed by atoms with Crippen molar-refractivity contribution >= 4 is 21.8 Å². The number of hydrogen-bond acceptors (Lipinski definition) is 2. The lowest BCUT2D eigenvalue weighted by atomic mass is 10.2. The summed E-state index contributed by atoms with van der Waals surface area (Å²) >= 11 is 3.09. The number of ether oxygens (including phenoxy) is 1. The smallest absolute Gasteiger partial charge is 0.422 e. The first kappa shape index (κ1) is 12.8. The number of rotatable bonds is 3. The molecule has 1 rings (SSSR count). The topological polar surface area (TPSA) is 59.1 Å². The van der Waals surface area contributed by atoms with Crippen LogP contribution in [0.5, 0.6) is 5.75 Å². The summed E-state index contributed by atoms with van der Waals surface area (Å²) in [6, 6.07) is 4.40. The molecule has 16 heavy (non-hydrogen) atoms. The standard InChI is InChI=1S/C9H8BrF3N2O/c10-5-2-1-3-6(7(5)8(14)15)16-4-9(11,12)13/h1-3H,4H2,(H3,14,15). The summed E-state index contributed by atoms with van der Waals surface area (Å²) in [5.41, 5.74) is 5.36. The first-order valence-corrected chi connectivity index (χ1v) is 4.93. The van der Waals surface area contributed by atoms with E-state index < -0.39 is 12.8 Å². The number of nitrogens with one attached hydrogen (secondary N) is 1. The molecule has 0 amide bonds. The molecule has 0 heterocycles. The van der Waals surface area contributed by atoms with Crippen molar-refractivity contribution in [3.63, 3.8) is 0 Å². The summed E-state index contributed by atoms with van der Waals surface area (Å²) in [5.74, 6) is -0.427. The van der Waals surface area contributed by atoms with Crippen LogP contribution in [0.1, 0.15) is 5.56 Å². The Bertz CT molecular complexity index is 406. The zero-order chi connectivity index (χ0) is 12.3. The van der Waals surface area contributed by atoms with Crippen LogP contribution in [-0.4, -0.2) is 18.6 Å². The van der Waals surface area contributed by atoms with Crippen molar-refractivity contribution in [2.75, 3.05) is 6.61 Å². The molecule has 0 radical (unpaired) electrons. The second kappa shape index (κ2) is 4.73. The maximum atomic E-state index is 12.0. The molecule has 3 nitrogen and oxygen atoms in total. The fourth-order valence-corrected chi connectivity index (χ4v) is 1.61. The van der Waals surface area contributed by atoms with Crippen molar-refractivity contribution in [2.45, 2.75) is 6.18 Å². The maximum absolute atomic E-state index is 12.0. The van der Waals surface area contributed by atoms with Crippen molar-refractivity contribution in [2.24, 2.45) is 5.73 Å². The van der Waals surface area contributed by atoms with Gasteiger partial charge in [-0.05, 0) is 28.1 Å². The Morgan fingerprint density at radius 1 is 1.44 bits per heavy atom. The molecule has 0 bridgehead atoms. The van der Waals surface area contributed by atoms with E-state index in [0.29, 0.717) is 4.47 Å². The SMILES string of the molecule is N=C(N)c1c(Br)cccc1OCC(F)(F)F. The van der Waals surface area contributed by atoms with E-state index in [4.69, 9.17) is 11.1 Å². The lowest BCUT2D eigenvalue weighted by molar-refractivity contribution is -0.153.